The fraction of sp³-hybridized carbons (Fsp3) is 0.562. The summed E-state index contributed by atoms with van der Waals surface area (Å²) >= 11 is 0. The molecule has 4 rings (SSSR count). The van der Waals surface area contributed by atoms with Gasteiger partial charge in [-0.25, -0.2) is 4.79 Å². The first-order valence-corrected chi connectivity index (χ1v) is 14.9. The Balaban J connectivity index is 1.41. The second-order valence-electron chi connectivity index (χ2n) is 10.7. The van der Waals surface area contributed by atoms with Crippen molar-refractivity contribution in [1.29, 1.82) is 0 Å². The average molecular weight is 584 g/mol. The molecule has 0 N–H and O–H groups in total. The summed E-state index contributed by atoms with van der Waals surface area (Å²) in [6, 6.07) is 11.4. The number of amides is 3. The van der Waals surface area contributed by atoms with E-state index in [0.717, 1.165) is 42.5 Å². The molecule has 0 bridgehead atoms. The molecule has 10 nitrogen and oxygen atoms in total. The van der Waals surface area contributed by atoms with Crippen LogP contribution >= 0.6 is 0 Å². The number of ether oxygens (including phenoxy) is 5. The van der Waals surface area contributed by atoms with E-state index in [1.54, 1.807) is 26.2 Å². The van der Waals surface area contributed by atoms with Crippen LogP contribution in [0.4, 0.5) is 10.5 Å². The fourth-order valence-corrected chi connectivity index (χ4v) is 5.40. The molecule has 0 saturated carbocycles. The Morgan fingerprint density at radius 3 is 2.57 bits per heavy atom. The lowest BCUT2D eigenvalue weighted by molar-refractivity contribution is -0.140. The topological polar surface area (TPSA) is 90.0 Å². The number of carbonyl (C=O) groups excluding carboxylic acids is 2. The van der Waals surface area contributed by atoms with Crippen molar-refractivity contribution in [3.8, 4) is 17.2 Å². The molecule has 0 aromatic heterocycles. The van der Waals surface area contributed by atoms with Gasteiger partial charge in [0, 0.05) is 50.6 Å². The minimum absolute atomic E-state index is 0.0456. The van der Waals surface area contributed by atoms with Crippen LogP contribution in [0.15, 0.2) is 36.4 Å². The van der Waals surface area contributed by atoms with E-state index in [1.807, 2.05) is 46.2 Å². The highest BCUT2D eigenvalue weighted by Gasteiger charge is 2.29. The molecule has 0 unspecified atom stereocenters. The van der Waals surface area contributed by atoms with Gasteiger partial charge in [-0.2, -0.15) is 0 Å². The van der Waals surface area contributed by atoms with Gasteiger partial charge in [0.2, 0.25) is 5.91 Å². The van der Waals surface area contributed by atoms with Crippen LogP contribution in [0, 0.1) is 0 Å². The number of nitrogens with zero attached hydrogens (tertiary/aromatic N) is 3. The minimum atomic E-state index is -0.103. The zero-order valence-electron chi connectivity index (χ0n) is 25.4. The van der Waals surface area contributed by atoms with Gasteiger partial charge in [0.05, 0.1) is 53.1 Å². The van der Waals surface area contributed by atoms with Gasteiger partial charge in [-0.3, -0.25) is 9.69 Å². The fourth-order valence-electron chi connectivity index (χ4n) is 5.40. The van der Waals surface area contributed by atoms with E-state index in [9.17, 15) is 9.59 Å². The summed E-state index contributed by atoms with van der Waals surface area (Å²) in [5, 5.41) is 0. The van der Waals surface area contributed by atoms with Crippen LogP contribution in [0.2, 0.25) is 0 Å². The van der Waals surface area contributed by atoms with Crippen molar-refractivity contribution in [2.45, 2.75) is 51.7 Å². The lowest BCUT2D eigenvalue weighted by Gasteiger charge is -2.36. The molecular weight excluding hydrogens is 538 g/mol. The number of hydrogen-bond donors (Lipinski definition) is 0. The Kier molecular flexibility index (Phi) is 11.7. The molecule has 2 aliphatic heterocycles. The maximum atomic E-state index is 13.6. The molecule has 10 heteroatoms. The highest BCUT2D eigenvalue weighted by molar-refractivity contribution is 5.93. The van der Waals surface area contributed by atoms with E-state index in [-0.39, 0.29) is 24.5 Å². The van der Waals surface area contributed by atoms with E-state index >= 15 is 0 Å². The van der Waals surface area contributed by atoms with Crippen LogP contribution in [0.1, 0.15) is 43.7 Å². The maximum absolute atomic E-state index is 13.6. The molecule has 3 amide bonds. The van der Waals surface area contributed by atoms with Crippen LogP contribution in [0.25, 0.3) is 0 Å². The van der Waals surface area contributed by atoms with Crippen LogP contribution in [0.5, 0.6) is 17.2 Å². The number of carbonyl (C=O) groups is 2. The monoisotopic (exact) mass is 583 g/mol. The summed E-state index contributed by atoms with van der Waals surface area (Å²) in [5.74, 6) is 2.01. The van der Waals surface area contributed by atoms with Crippen molar-refractivity contribution in [2.75, 3.05) is 72.2 Å². The van der Waals surface area contributed by atoms with E-state index in [0.29, 0.717) is 69.8 Å². The Bertz CT molecular complexity index is 1190. The second-order valence-corrected chi connectivity index (χ2v) is 10.7. The number of methoxy groups -OCH3 is 3. The number of benzene rings is 2. The maximum Gasteiger partial charge on any atom is 0.324 e. The molecule has 2 saturated heterocycles. The Morgan fingerprint density at radius 2 is 1.81 bits per heavy atom. The van der Waals surface area contributed by atoms with Gasteiger partial charge in [0.25, 0.3) is 0 Å². The molecule has 0 aliphatic carbocycles. The number of morpholine rings is 1. The SMILES string of the molecule is CCCCCOc1cc(N2CCCN(Cc3ccc(CC(=O)N4CCO[C@@H](COC)C4)cc3OC)C2=O)ccc1OC. The van der Waals surface area contributed by atoms with Crippen molar-refractivity contribution in [3.63, 3.8) is 0 Å². The van der Waals surface area contributed by atoms with Gasteiger partial charge < -0.3 is 33.5 Å². The first-order chi connectivity index (χ1) is 20.5. The van der Waals surface area contributed by atoms with Gasteiger partial charge in [0.15, 0.2) is 11.5 Å². The van der Waals surface area contributed by atoms with E-state index < -0.39 is 0 Å². The first-order valence-electron chi connectivity index (χ1n) is 14.9. The third-order valence-corrected chi connectivity index (χ3v) is 7.69. The number of urea groups is 1. The summed E-state index contributed by atoms with van der Waals surface area (Å²) < 4.78 is 28.1. The molecule has 0 radical (unpaired) electrons. The van der Waals surface area contributed by atoms with Crippen molar-refractivity contribution in [2.24, 2.45) is 0 Å². The number of anilines is 1. The lowest BCUT2D eigenvalue weighted by Crippen LogP contribution is -2.49. The third kappa shape index (κ3) is 8.07. The van der Waals surface area contributed by atoms with Crippen molar-refractivity contribution < 1.29 is 33.3 Å². The van der Waals surface area contributed by atoms with Crippen molar-refractivity contribution in [1.82, 2.24) is 9.80 Å². The van der Waals surface area contributed by atoms with Gasteiger partial charge in [-0.1, -0.05) is 31.9 Å². The molecule has 2 heterocycles. The molecule has 42 heavy (non-hydrogen) atoms. The van der Waals surface area contributed by atoms with Crippen LogP contribution < -0.4 is 19.1 Å². The van der Waals surface area contributed by atoms with Gasteiger partial charge in [0.1, 0.15) is 5.75 Å². The third-order valence-electron chi connectivity index (χ3n) is 7.69. The summed E-state index contributed by atoms with van der Waals surface area (Å²) in [7, 11) is 4.87. The van der Waals surface area contributed by atoms with E-state index in [2.05, 4.69) is 6.92 Å². The number of hydrogen-bond acceptors (Lipinski definition) is 7. The summed E-state index contributed by atoms with van der Waals surface area (Å²) in [4.78, 5) is 32.1. The standard InChI is InChI=1S/C32H45N3O7/c1-5-6-7-16-42-30-20-26(11-12-28(30)39-3)35-14-8-13-34(32(35)37)21-25-10-9-24(18-29(25)40-4)19-31(36)33-15-17-41-27(22-33)23-38-2/h9-12,18,20,27H,5-8,13-17,19,21-23H2,1-4H3/t27-/m1/s1. The predicted molar refractivity (Wildman–Crippen MR) is 161 cm³/mol. The van der Waals surface area contributed by atoms with Gasteiger partial charge >= 0.3 is 6.03 Å². The van der Waals surface area contributed by atoms with E-state index in [4.69, 9.17) is 23.7 Å². The Labute approximate surface area is 249 Å². The Morgan fingerprint density at radius 1 is 0.976 bits per heavy atom. The van der Waals surface area contributed by atoms with Crippen LogP contribution in [0.3, 0.4) is 0 Å². The smallest absolute Gasteiger partial charge is 0.324 e. The average Bonchev–Trinajstić information content (AvgIpc) is 3.01. The molecule has 0 spiro atoms. The zero-order chi connectivity index (χ0) is 29.9. The normalized spacial score (nSPS) is 17.4. The zero-order valence-corrected chi connectivity index (χ0v) is 25.4. The lowest BCUT2D eigenvalue weighted by atomic mass is 10.1. The van der Waals surface area contributed by atoms with E-state index in [1.165, 1.54) is 0 Å². The molecular formula is C32H45N3O7. The summed E-state index contributed by atoms with van der Waals surface area (Å²) in [6.07, 6.45) is 4.20. The first kappa shape index (κ1) is 31.4. The summed E-state index contributed by atoms with van der Waals surface area (Å²) in [6.45, 7) is 6.51. The van der Waals surface area contributed by atoms with Crippen molar-refractivity contribution >= 4 is 17.6 Å². The quantitative estimate of drug-likeness (QED) is 0.302. The molecule has 230 valence electrons. The summed E-state index contributed by atoms with van der Waals surface area (Å²) in [5.41, 5.74) is 2.55. The van der Waals surface area contributed by atoms with Crippen molar-refractivity contribution in [3.05, 3.63) is 47.5 Å². The molecule has 2 aliphatic rings. The highest BCUT2D eigenvalue weighted by Crippen LogP contribution is 2.34. The van der Waals surface area contributed by atoms with Gasteiger partial charge in [-0.05, 0) is 36.6 Å². The number of unbranched alkanes of at least 4 members (excludes halogenated alkanes) is 2. The molecule has 2 fully saturated rings. The number of rotatable bonds is 14. The minimum Gasteiger partial charge on any atom is -0.496 e. The molecule has 1 atom stereocenters. The predicted octanol–water partition coefficient (Wildman–Crippen LogP) is 4.52. The molecule has 2 aromatic rings. The van der Waals surface area contributed by atoms with Crippen LogP contribution in [-0.4, -0.2) is 95.2 Å². The highest BCUT2D eigenvalue weighted by atomic mass is 16.5. The molecule has 2 aromatic carbocycles. The largest absolute Gasteiger partial charge is 0.496 e. The Hall–Kier alpha value is -3.50. The van der Waals surface area contributed by atoms with Gasteiger partial charge in [-0.15, -0.1) is 0 Å². The second kappa shape index (κ2) is 15.7. The van der Waals surface area contributed by atoms with Crippen LogP contribution in [-0.2, 0) is 27.2 Å².